The molecule has 0 spiro atoms. The summed E-state index contributed by atoms with van der Waals surface area (Å²) in [6.07, 6.45) is 1.07. The van der Waals surface area contributed by atoms with Crippen molar-refractivity contribution in [1.29, 1.82) is 0 Å². The van der Waals surface area contributed by atoms with E-state index in [2.05, 4.69) is 49.5 Å². The number of rotatable bonds is 5. The molecular formula is C14H20BrN5. The van der Waals surface area contributed by atoms with Crippen molar-refractivity contribution >= 4 is 15.9 Å². The molecule has 0 aliphatic rings. The van der Waals surface area contributed by atoms with Crippen molar-refractivity contribution in [2.75, 3.05) is 6.54 Å². The first-order valence-electron chi connectivity index (χ1n) is 6.77. The van der Waals surface area contributed by atoms with Crippen LogP contribution in [0.25, 0.3) is 0 Å². The highest BCUT2D eigenvalue weighted by Crippen LogP contribution is 2.28. The molecule has 20 heavy (non-hydrogen) atoms. The molecule has 2 aromatic heterocycles. The van der Waals surface area contributed by atoms with Crippen molar-refractivity contribution in [3.63, 3.8) is 0 Å². The van der Waals surface area contributed by atoms with Crippen molar-refractivity contribution in [2.45, 2.75) is 33.2 Å². The Morgan fingerprint density at radius 3 is 2.65 bits per heavy atom. The smallest absolute Gasteiger partial charge is 0.153 e. The third-order valence-electron chi connectivity index (χ3n) is 3.28. The summed E-state index contributed by atoms with van der Waals surface area (Å²) in [5.41, 5.74) is 4.25. The minimum atomic E-state index is 0.0393. The standard InChI is InChI=1S/C14H20BrN5/c1-5-8-16-12(13-14(15)18-19-20(13)4)11-7-6-9(2)17-10(11)3/h6-7,12,16H,5,8H2,1-4H3. The molecule has 0 aliphatic heterocycles. The minimum Gasteiger partial charge on any atom is -0.305 e. The van der Waals surface area contributed by atoms with E-state index in [9.17, 15) is 0 Å². The molecule has 1 atom stereocenters. The first-order chi connectivity index (χ1) is 9.54. The van der Waals surface area contributed by atoms with Gasteiger partial charge in [0.1, 0.15) is 0 Å². The zero-order valence-corrected chi connectivity index (χ0v) is 13.9. The van der Waals surface area contributed by atoms with Gasteiger partial charge in [0.05, 0.1) is 11.7 Å². The van der Waals surface area contributed by atoms with Crippen LogP contribution in [-0.4, -0.2) is 26.5 Å². The highest BCUT2D eigenvalue weighted by Gasteiger charge is 2.23. The molecule has 0 aliphatic carbocycles. The van der Waals surface area contributed by atoms with E-state index >= 15 is 0 Å². The van der Waals surface area contributed by atoms with Gasteiger partial charge in [0.25, 0.3) is 0 Å². The molecule has 6 heteroatoms. The van der Waals surface area contributed by atoms with Crippen LogP contribution < -0.4 is 5.32 Å². The van der Waals surface area contributed by atoms with Gasteiger partial charge >= 0.3 is 0 Å². The summed E-state index contributed by atoms with van der Waals surface area (Å²) in [6, 6.07) is 4.21. The highest BCUT2D eigenvalue weighted by molar-refractivity contribution is 9.10. The van der Waals surface area contributed by atoms with Crippen LogP contribution in [0.3, 0.4) is 0 Å². The maximum Gasteiger partial charge on any atom is 0.153 e. The van der Waals surface area contributed by atoms with Gasteiger partial charge in [0.2, 0.25) is 0 Å². The Bertz CT molecular complexity index is 574. The molecule has 2 aromatic rings. The van der Waals surface area contributed by atoms with Crippen molar-refractivity contribution in [3.05, 3.63) is 39.4 Å². The lowest BCUT2D eigenvalue weighted by Crippen LogP contribution is -2.26. The van der Waals surface area contributed by atoms with Gasteiger partial charge in [-0.3, -0.25) is 4.98 Å². The number of aromatic nitrogens is 4. The predicted molar refractivity (Wildman–Crippen MR) is 82.6 cm³/mol. The Morgan fingerprint density at radius 2 is 2.10 bits per heavy atom. The fourth-order valence-corrected chi connectivity index (χ4v) is 2.85. The lowest BCUT2D eigenvalue weighted by atomic mass is 10.0. The number of halogens is 1. The molecule has 0 bridgehead atoms. The van der Waals surface area contributed by atoms with Crippen molar-refractivity contribution < 1.29 is 0 Å². The van der Waals surface area contributed by atoms with E-state index in [1.807, 2.05) is 27.0 Å². The predicted octanol–water partition coefficient (Wildman–Crippen LogP) is 2.68. The second-order valence-electron chi connectivity index (χ2n) is 4.90. The molecule has 0 fully saturated rings. The maximum atomic E-state index is 4.57. The van der Waals surface area contributed by atoms with Gasteiger partial charge in [0.15, 0.2) is 4.60 Å². The van der Waals surface area contributed by atoms with E-state index in [-0.39, 0.29) is 6.04 Å². The minimum absolute atomic E-state index is 0.0393. The van der Waals surface area contributed by atoms with E-state index in [4.69, 9.17) is 0 Å². The molecule has 0 aromatic carbocycles. The summed E-state index contributed by atoms with van der Waals surface area (Å²) in [7, 11) is 1.91. The summed E-state index contributed by atoms with van der Waals surface area (Å²) in [5, 5.41) is 11.7. The third kappa shape index (κ3) is 3.07. The maximum absolute atomic E-state index is 4.57. The van der Waals surface area contributed by atoms with E-state index in [1.54, 1.807) is 4.68 Å². The monoisotopic (exact) mass is 337 g/mol. The summed E-state index contributed by atoms with van der Waals surface area (Å²) in [6.45, 7) is 7.13. The first-order valence-corrected chi connectivity index (χ1v) is 7.56. The quantitative estimate of drug-likeness (QED) is 0.911. The number of aryl methyl sites for hydroxylation is 3. The largest absolute Gasteiger partial charge is 0.305 e. The average molecular weight is 338 g/mol. The molecule has 2 heterocycles. The molecule has 0 radical (unpaired) electrons. The van der Waals surface area contributed by atoms with Crippen LogP contribution in [-0.2, 0) is 7.05 Å². The van der Waals surface area contributed by atoms with E-state index in [1.165, 1.54) is 0 Å². The first kappa shape index (κ1) is 15.1. The number of nitrogens with zero attached hydrogens (tertiary/aromatic N) is 4. The summed E-state index contributed by atoms with van der Waals surface area (Å²) >= 11 is 3.49. The molecule has 5 nitrogen and oxygen atoms in total. The van der Waals surface area contributed by atoms with Crippen LogP contribution in [0.2, 0.25) is 0 Å². The van der Waals surface area contributed by atoms with Crippen LogP contribution in [0.5, 0.6) is 0 Å². The van der Waals surface area contributed by atoms with Gasteiger partial charge in [-0.15, -0.1) is 5.10 Å². The summed E-state index contributed by atoms with van der Waals surface area (Å²) < 4.78 is 2.57. The number of nitrogens with one attached hydrogen (secondary N) is 1. The van der Waals surface area contributed by atoms with Gasteiger partial charge in [-0.1, -0.05) is 18.2 Å². The van der Waals surface area contributed by atoms with Gasteiger partial charge < -0.3 is 5.32 Å². The summed E-state index contributed by atoms with van der Waals surface area (Å²) in [4.78, 5) is 4.57. The summed E-state index contributed by atoms with van der Waals surface area (Å²) in [5.74, 6) is 0. The number of hydrogen-bond donors (Lipinski definition) is 1. The molecule has 1 N–H and O–H groups in total. The fourth-order valence-electron chi connectivity index (χ4n) is 2.29. The fraction of sp³-hybridized carbons (Fsp3) is 0.500. The lowest BCUT2D eigenvalue weighted by molar-refractivity contribution is 0.546. The van der Waals surface area contributed by atoms with E-state index in [0.717, 1.165) is 40.2 Å². The highest BCUT2D eigenvalue weighted by atomic mass is 79.9. The Balaban J connectivity index is 2.47. The second-order valence-corrected chi connectivity index (χ2v) is 5.65. The van der Waals surface area contributed by atoms with Gasteiger partial charge in [-0.25, -0.2) is 4.68 Å². The number of pyridine rings is 1. The number of hydrogen-bond acceptors (Lipinski definition) is 4. The molecule has 2 rings (SSSR count). The van der Waals surface area contributed by atoms with Gasteiger partial charge in [-0.2, -0.15) is 0 Å². The van der Waals surface area contributed by atoms with Crippen molar-refractivity contribution in [2.24, 2.45) is 7.05 Å². The molecular weight excluding hydrogens is 318 g/mol. The Labute approximate surface area is 127 Å². The zero-order valence-electron chi connectivity index (χ0n) is 12.3. The van der Waals surface area contributed by atoms with Gasteiger partial charge in [-0.05, 0) is 54.4 Å². The molecule has 0 saturated heterocycles. The lowest BCUT2D eigenvalue weighted by Gasteiger charge is -2.21. The van der Waals surface area contributed by atoms with E-state index in [0.29, 0.717) is 0 Å². The topological polar surface area (TPSA) is 55.6 Å². The Kier molecular flexibility index (Phi) is 4.88. The normalized spacial score (nSPS) is 12.7. The van der Waals surface area contributed by atoms with Crippen LogP contribution in [0.15, 0.2) is 16.7 Å². The average Bonchev–Trinajstić information content (AvgIpc) is 2.72. The van der Waals surface area contributed by atoms with E-state index < -0.39 is 0 Å². The second kappa shape index (κ2) is 6.45. The van der Waals surface area contributed by atoms with Gasteiger partial charge in [0, 0.05) is 18.4 Å². The van der Waals surface area contributed by atoms with Crippen molar-refractivity contribution in [1.82, 2.24) is 25.3 Å². The van der Waals surface area contributed by atoms with Crippen LogP contribution in [0, 0.1) is 13.8 Å². The molecule has 0 saturated carbocycles. The molecule has 108 valence electrons. The molecule has 0 amide bonds. The zero-order chi connectivity index (χ0) is 14.7. The SMILES string of the molecule is CCCNC(c1ccc(C)nc1C)c1c(Br)nnn1C. The Hall–Kier alpha value is -1.27. The molecule has 1 unspecified atom stereocenters. The third-order valence-corrected chi connectivity index (χ3v) is 3.84. The van der Waals surface area contributed by atoms with Crippen LogP contribution >= 0.6 is 15.9 Å². The van der Waals surface area contributed by atoms with Crippen LogP contribution in [0.4, 0.5) is 0 Å². The Morgan fingerprint density at radius 1 is 1.35 bits per heavy atom. The van der Waals surface area contributed by atoms with Crippen LogP contribution in [0.1, 0.15) is 42.0 Å². The van der Waals surface area contributed by atoms with Crippen molar-refractivity contribution in [3.8, 4) is 0 Å².